The van der Waals surface area contributed by atoms with E-state index in [2.05, 4.69) is 0 Å². The molecule has 3 atom stereocenters. The molecule has 2 heterocycles. The van der Waals surface area contributed by atoms with Crippen molar-refractivity contribution in [3.05, 3.63) is 23.8 Å². The number of hydrogen-bond acceptors (Lipinski definition) is 6. The third kappa shape index (κ3) is 2.59. The van der Waals surface area contributed by atoms with E-state index in [9.17, 15) is 9.59 Å². The number of fused-ring (bicyclic) bond motifs is 1. The number of methoxy groups -OCH3 is 2. The highest BCUT2D eigenvalue weighted by atomic mass is 16.6. The normalized spacial score (nSPS) is 30.5. The summed E-state index contributed by atoms with van der Waals surface area (Å²) < 4.78 is 22.1. The van der Waals surface area contributed by atoms with Crippen LogP contribution in [0.3, 0.4) is 0 Å². The van der Waals surface area contributed by atoms with Crippen LogP contribution in [0.4, 0.5) is 0 Å². The molecular formula is C21H27NO6. The van der Waals surface area contributed by atoms with Gasteiger partial charge in [-0.3, -0.25) is 4.79 Å². The second-order valence-electron chi connectivity index (χ2n) is 7.68. The standard InChI is InChI=1S/C21H27NO6/c1-4-27-19(24)20-13-15-6-5-10-21(15,28-20)22(18(20)23)11-9-14-7-8-16(25-2)17(12-14)26-3/h7-8,12,15H,4-6,9-11,13H2,1-3H3/t15-,20+,21-/m1/s1. The van der Waals surface area contributed by atoms with Crippen LogP contribution in [0, 0.1) is 5.92 Å². The van der Waals surface area contributed by atoms with Crippen molar-refractivity contribution in [3.8, 4) is 11.5 Å². The number of likely N-dealkylation sites (tertiary alicyclic amines) is 1. The molecule has 2 bridgehead atoms. The van der Waals surface area contributed by atoms with Gasteiger partial charge in [-0.1, -0.05) is 6.07 Å². The largest absolute Gasteiger partial charge is 0.493 e. The first kappa shape index (κ1) is 19.1. The molecule has 1 aromatic carbocycles. The molecule has 0 aromatic heterocycles. The Kier molecular flexibility index (Phi) is 4.73. The van der Waals surface area contributed by atoms with E-state index in [0.29, 0.717) is 30.9 Å². The van der Waals surface area contributed by atoms with Gasteiger partial charge in [0.1, 0.15) is 5.72 Å². The van der Waals surface area contributed by atoms with Crippen molar-refractivity contribution in [2.24, 2.45) is 5.92 Å². The maximum Gasteiger partial charge on any atom is 0.348 e. The zero-order chi connectivity index (χ0) is 19.9. The summed E-state index contributed by atoms with van der Waals surface area (Å²) in [5, 5.41) is 0. The number of piperidine rings is 1. The Bertz CT molecular complexity index is 795. The van der Waals surface area contributed by atoms with Gasteiger partial charge in [0.05, 0.1) is 20.8 Å². The monoisotopic (exact) mass is 389 g/mol. The van der Waals surface area contributed by atoms with Crippen molar-refractivity contribution in [2.45, 2.75) is 50.4 Å². The highest BCUT2D eigenvalue weighted by molar-refractivity contribution is 6.08. The van der Waals surface area contributed by atoms with Gasteiger partial charge in [0.2, 0.25) is 5.60 Å². The van der Waals surface area contributed by atoms with Crippen molar-refractivity contribution in [1.29, 1.82) is 0 Å². The number of rotatable bonds is 7. The predicted molar refractivity (Wildman–Crippen MR) is 100 cm³/mol. The van der Waals surface area contributed by atoms with E-state index >= 15 is 0 Å². The topological polar surface area (TPSA) is 74.3 Å². The fourth-order valence-electron chi connectivity index (χ4n) is 5.08. The smallest absolute Gasteiger partial charge is 0.348 e. The number of esters is 1. The van der Waals surface area contributed by atoms with Gasteiger partial charge >= 0.3 is 5.97 Å². The second-order valence-corrected chi connectivity index (χ2v) is 7.68. The Morgan fingerprint density at radius 1 is 1.29 bits per heavy atom. The first-order valence-corrected chi connectivity index (χ1v) is 9.91. The van der Waals surface area contributed by atoms with Crippen LogP contribution in [-0.2, 0) is 25.5 Å². The molecule has 4 rings (SSSR count). The van der Waals surface area contributed by atoms with Gasteiger partial charge in [-0.05, 0) is 50.3 Å². The molecular weight excluding hydrogens is 362 g/mol. The van der Waals surface area contributed by atoms with Crippen molar-refractivity contribution in [3.63, 3.8) is 0 Å². The lowest BCUT2D eigenvalue weighted by Crippen LogP contribution is -2.56. The average Bonchev–Trinajstić information content (AvgIpc) is 3.31. The van der Waals surface area contributed by atoms with E-state index in [-0.39, 0.29) is 18.4 Å². The van der Waals surface area contributed by atoms with E-state index < -0.39 is 17.3 Å². The minimum Gasteiger partial charge on any atom is -0.493 e. The molecule has 28 heavy (non-hydrogen) atoms. The Morgan fingerprint density at radius 2 is 2.07 bits per heavy atom. The summed E-state index contributed by atoms with van der Waals surface area (Å²) in [6, 6.07) is 5.74. The van der Waals surface area contributed by atoms with Crippen LogP contribution in [-0.4, -0.2) is 55.5 Å². The van der Waals surface area contributed by atoms with Crippen molar-refractivity contribution >= 4 is 11.9 Å². The van der Waals surface area contributed by atoms with Crippen LogP contribution in [0.15, 0.2) is 18.2 Å². The van der Waals surface area contributed by atoms with Gasteiger partial charge in [-0.15, -0.1) is 0 Å². The van der Waals surface area contributed by atoms with Gasteiger partial charge in [0.15, 0.2) is 11.5 Å². The van der Waals surface area contributed by atoms with E-state index in [1.54, 1.807) is 26.0 Å². The summed E-state index contributed by atoms with van der Waals surface area (Å²) in [6.45, 7) is 2.47. The number of carbonyl (C=O) groups excluding carboxylic acids is 2. The minimum absolute atomic E-state index is 0.194. The van der Waals surface area contributed by atoms with Gasteiger partial charge in [-0.25, -0.2) is 4.79 Å². The zero-order valence-electron chi connectivity index (χ0n) is 16.7. The summed E-state index contributed by atoms with van der Waals surface area (Å²) >= 11 is 0. The zero-order valence-corrected chi connectivity index (χ0v) is 16.7. The van der Waals surface area contributed by atoms with Crippen molar-refractivity contribution < 1.29 is 28.5 Å². The van der Waals surface area contributed by atoms with E-state index in [4.69, 9.17) is 18.9 Å². The maximum atomic E-state index is 13.2. The summed E-state index contributed by atoms with van der Waals surface area (Å²) in [4.78, 5) is 27.6. The van der Waals surface area contributed by atoms with Crippen LogP contribution in [0.1, 0.15) is 38.2 Å². The van der Waals surface area contributed by atoms with Gasteiger partial charge in [0, 0.05) is 18.9 Å². The lowest BCUT2D eigenvalue weighted by atomic mass is 9.84. The molecule has 3 aliphatic rings. The summed E-state index contributed by atoms with van der Waals surface area (Å²) in [6.07, 6.45) is 3.84. The fraction of sp³-hybridized carbons (Fsp3) is 0.619. The van der Waals surface area contributed by atoms with Crippen LogP contribution in [0.5, 0.6) is 11.5 Å². The lowest BCUT2D eigenvalue weighted by molar-refractivity contribution is -0.171. The van der Waals surface area contributed by atoms with E-state index in [0.717, 1.165) is 24.8 Å². The molecule has 0 radical (unpaired) electrons. The number of ether oxygens (including phenoxy) is 4. The number of amides is 1. The quantitative estimate of drug-likeness (QED) is 0.526. The third-order valence-electron chi connectivity index (χ3n) is 6.34. The molecule has 1 aromatic rings. The Labute approximate surface area is 164 Å². The SMILES string of the molecule is CCOC(=O)[C@@]12C[C@H]3CCC[C@]3(O1)N(CCc1ccc(OC)c(OC)c1)C2=O. The van der Waals surface area contributed by atoms with Crippen molar-refractivity contribution in [2.75, 3.05) is 27.4 Å². The highest BCUT2D eigenvalue weighted by Crippen LogP contribution is 2.59. The Morgan fingerprint density at radius 3 is 2.79 bits per heavy atom. The summed E-state index contributed by atoms with van der Waals surface area (Å²) in [5.74, 6) is 0.735. The van der Waals surface area contributed by atoms with Crippen LogP contribution in [0.25, 0.3) is 0 Å². The molecule has 0 unspecified atom stereocenters. The molecule has 1 saturated carbocycles. The first-order valence-electron chi connectivity index (χ1n) is 9.91. The number of hydrogen-bond donors (Lipinski definition) is 0. The van der Waals surface area contributed by atoms with E-state index in [1.807, 2.05) is 18.2 Å². The Balaban J connectivity index is 1.56. The number of carbonyl (C=O) groups is 2. The summed E-state index contributed by atoms with van der Waals surface area (Å²) in [5.41, 5.74) is -1.07. The van der Waals surface area contributed by atoms with Gasteiger partial charge < -0.3 is 23.8 Å². The van der Waals surface area contributed by atoms with Crippen molar-refractivity contribution in [1.82, 2.24) is 4.90 Å². The van der Waals surface area contributed by atoms with Crippen LogP contribution < -0.4 is 9.47 Å². The molecule has 1 amide bonds. The molecule has 1 aliphatic carbocycles. The molecule has 2 aliphatic heterocycles. The Hall–Kier alpha value is -2.28. The lowest BCUT2D eigenvalue weighted by Gasteiger charge is -2.38. The molecule has 3 fully saturated rings. The third-order valence-corrected chi connectivity index (χ3v) is 6.34. The molecule has 2 saturated heterocycles. The average molecular weight is 389 g/mol. The highest BCUT2D eigenvalue weighted by Gasteiger charge is 2.75. The summed E-state index contributed by atoms with van der Waals surface area (Å²) in [7, 11) is 3.20. The fourth-order valence-corrected chi connectivity index (χ4v) is 5.08. The first-order chi connectivity index (χ1) is 13.5. The minimum atomic E-state index is -1.45. The number of benzene rings is 1. The number of nitrogens with zero attached hydrogens (tertiary/aromatic N) is 1. The molecule has 7 heteroatoms. The van der Waals surface area contributed by atoms with Gasteiger partial charge in [0.25, 0.3) is 5.91 Å². The molecule has 7 nitrogen and oxygen atoms in total. The van der Waals surface area contributed by atoms with Crippen LogP contribution in [0.2, 0.25) is 0 Å². The van der Waals surface area contributed by atoms with Crippen LogP contribution >= 0.6 is 0 Å². The molecule has 1 spiro atoms. The maximum absolute atomic E-state index is 13.2. The predicted octanol–water partition coefficient (Wildman–Crippen LogP) is 2.31. The van der Waals surface area contributed by atoms with E-state index in [1.165, 1.54) is 0 Å². The van der Waals surface area contributed by atoms with Gasteiger partial charge in [-0.2, -0.15) is 0 Å². The molecule has 152 valence electrons. The molecule has 0 N–H and O–H groups in total. The second kappa shape index (κ2) is 6.95.